The van der Waals surface area contributed by atoms with Crippen LogP contribution in [0.4, 0.5) is 4.79 Å². The second-order valence-electron chi connectivity index (χ2n) is 5.21. The fraction of sp³-hybridized carbons (Fsp3) is 0.667. The Kier molecular flexibility index (Phi) is 2.64. The lowest BCUT2D eigenvalue weighted by molar-refractivity contribution is -0.148. The van der Waals surface area contributed by atoms with Crippen molar-refractivity contribution in [3.63, 3.8) is 0 Å². The van der Waals surface area contributed by atoms with Crippen molar-refractivity contribution in [1.29, 1.82) is 0 Å². The van der Waals surface area contributed by atoms with Gasteiger partial charge in [0.15, 0.2) is 0 Å². The molecule has 5 heteroatoms. The zero-order valence-corrected chi connectivity index (χ0v) is 9.94. The van der Waals surface area contributed by atoms with Crippen molar-refractivity contribution in [3.8, 4) is 0 Å². The van der Waals surface area contributed by atoms with Crippen LogP contribution in [0.1, 0.15) is 26.2 Å². The van der Waals surface area contributed by atoms with E-state index in [0.717, 1.165) is 6.42 Å². The van der Waals surface area contributed by atoms with Gasteiger partial charge >= 0.3 is 12.1 Å². The van der Waals surface area contributed by atoms with Crippen LogP contribution in [0, 0.1) is 5.41 Å². The lowest BCUT2D eigenvalue weighted by Gasteiger charge is -2.35. The second-order valence-corrected chi connectivity index (χ2v) is 5.21. The van der Waals surface area contributed by atoms with Gasteiger partial charge in [-0.1, -0.05) is 12.7 Å². The normalized spacial score (nSPS) is 34.8. The maximum absolute atomic E-state index is 11.8. The zero-order valence-electron chi connectivity index (χ0n) is 9.94. The van der Waals surface area contributed by atoms with Crippen molar-refractivity contribution in [2.45, 2.75) is 31.7 Å². The topological polar surface area (TPSA) is 66.8 Å². The molecule has 1 aliphatic carbocycles. The fourth-order valence-corrected chi connectivity index (χ4v) is 3.02. The summed E-state index contributed by atoms with van der Waals surface area (Å²) in [5.74, 6) is -0.805. The number of aliphatic carboxylic acids is 1. The molecule has 0 aromatic heterocycles. The first kappa shape index (κ1) is 12.0. The highest BCUT2D eigenvalue weighted by atomic mass is 16.6. The van der Waals surface area contributed by atoms with Gasteiger partial charge in [0.05, 0.1) is 5.41 Å². The Morgan fingerprint density at radius 2 is 2.24 bits per heavy atom. The summed E-state index contributed by atoms with van der Waals surface area (Å²) in [6, 6.07) is 0. The van der Waals surface area contributed by atoms with Gasteiger partial charge in [0.25, 0.3) is 0 Å². The standard InChI is InChI=1S/C12H17NO4/c1-3-6-17-10(16)13-8-12(9(14)15)5-4-11(13,2)7-12/h3H,1,4-8H2,2H3,(H,14,15). The van der Waals surface area contributed by atoms with E-state index in [2.05, 4.69) is 6.58 Å². The van der Waals surface area contributed by atoms with Gasteiger partial charge in [0, 0.05) is 12.1 Å². The third-order valence-electron chi connectivity index (χ3n) is 3.97. The van der Waals surface area contributed by atoms with E-state index >= 15 is 0 Å². The Labute approximate surface area is 100 Å². The zero-order chi connectivity index (χ0) is 12.7. The molecule has 2 atom stereocenters. The fourth-order valence-electron chi connectivity index (χ4n) is 3.02. The smallest absolute Gasteiger partial charge is 0.410 e. The third-order valence-corrected chi connectivity index (χ3v) is 3.97. The molecule has 1 saturated carbocycles. The summed E-state index contributed by atoms with van der Waals surface area (Å²) in [6.45, 7) is 5.82. The quantitative estimate of drug-likeness (QED) is 0.760. The molecule has 1 heterocycles. The molecule has 2 rings (SSSR count). The lowest BCUT2D eigenvalue weighted by atomic mass is 9.87. The van der Waals surface area contributed by atoms with Gasteiger partial charge in [-0.25, -0.2) is 4.79 Å². The molecule has 0 aromatic carbocycles. The molecule has 2 bridgehead atoms. The van der Waals surface area contributed by atoms with Gasteiger partial charge in [-0.15, -0.1) is 0 Å². The molecule has 17 heavy (non-hydrogen) atoms. The molecule has 2 aliphatic rings. The maximum Gasteiger partial charge on any atom is 0.410 e. The molecule has 1 aliphatic heterocycles. The number of ether oxygens (including phenoxy) is 1. The van der Waals surface area contributed by atoms with Crippen molar-refractivity contribution in [2.75, 3.05) is 13.2 Å². The number of carboxylic acids is 1. The maximum atomic E-state index is 11.8. The Morgan fingerprint density at radius 1 is 1.53 bits per heavy atom. The van der Waals surface area contributed by atoms with Crippen LogP contribution in [0.2, 0.25) is 0 Å². The highest BCUT2D eigenvalue weighted by Gasteiger charge is 2.62. The minimum Gasteiger partial charge on any atom is -0.481 e. The first-order chi connectivity index (χ1) is 7.93. The van der Waals surface area contributed by atoms with Crippen molar-refractivity contribution in [3.05, 3.63) is 12.7 Å². The number of carbonyl (C=O) groups excluding carboxylic acids is 1. The lowest BCUT2D eigenvalue weighted by Crippen LogP contribution is -2.48. The van der Waals surface area contributed by atoms with Crippen LogP contribution < -0.4 is 0 Å². The highest BCUT2D eigenvalue weighted by Crippen LogP contribution is 2.54. The van der Waals surface area contributed by atoms with E-state index in [1.807, 2.05) is 6.92 Å². The first-order valence-corrected chi connectivity index (χ1v) is 5.72. The minimum atomic E-state index is -0.805. The Hall–Kier alpha value is -1.52. The van der Waals surface area contributed by atoms with Crippen molar-refractivity contribution in [2.24, 2.45) is 5.41 Å². The van der Waals surface area contributed by atoms with E-state index in [-0.39, 0.29) is 18.7 Å². The largest absolute Gasteiger partial charge is 0.481 e. The second kappa shape index (κ2) is 3.75. The van der Waals surface area contributed by atoms with Crippen LogP contribution >= 0.6 is 0 Å². The Morgan fingerprint density at radius 3 is 2.76 bits per heavy atom. The molecule has 1 amide bonds. The van der Waals surface area contributed by atoms with E-state index in [4.69, 9.17) is 4.74 Å². The average Bonchev–Trinajstić information content (AvgIpc) is 2.78. The summed E-state index contributed by atoms with van der Waals surface area (Å²) in [7, 11) is 0. The number of piperidine rings is 1. The van der Waals surface area contributed by atoms with E-state index in [1.165, 1.54) is 6.08 Å². The molecule has 2 unspecified atom stereocenters. The molecule has 0 spiro atoms. The molecule has 2 fully saturated rings. The molecule has 1 N–H and O–H groups in total. The number of carbonyl (C=O) groups is 2. The summed E-state index contributed by atoms with van der Waals surface area (Å²) in [5.41, 5.74) is -1.13. The van der Waals surface area contributed by atoms with Gasteiger partial charge < -0.3 is 14.7 Å². The highest BCUT2D eigenvalue weighted by molar-refractivity contribution is 5.79. The molecule has 94 valence electrons. The van der Waals surface area contributed by atoms with Crippen LogP contribution in [0.25, 0.3) is 0 Å². The number of fused-ring (bicyclic) bond motifs is 2. The molecule has 0 aromatic rings. The van der Waals surface area contributed by atoms with E-state index in [1.54, 1.807) is 4.90 Å². The molecule has 1 saturated heterocycles. The number of carboxylic acid groups (broad SMARTS) is 1. The monoisotopic (exact) mass is 239 g/mol. The van der Waals surface area contributed by atoms with Gasteiger partial charge in [0.2, 0.25) is 0 Å². The number of amides is 1. The predicted octanol–water partition coefficient (Wildman–Crippen LogP) is 1.64. The predicted molar refractivity (Wildman–Crippen MR) is 60.6 cm³/mol. The summed E-state index contributed by atoms with van der Waals surface area (Å²) in [4.78, 5) is 24.7. The van der Waals surface area contributed by atoms with Crippen LogP contribution in [-0.4, -0.2) is 40.8 Å². The first-order valence-electron chi connectivity index (χ1n) is 5.72. The van der Waals surface area contributed by atoms with Gasteiger partial charge in [-0.2, -0.15) is 0 Å². The molecular weight excluding hydrogens is 222 g/mol. The summed E-state index contributed by atoms with van der Waals surface area (Å²) < 4.78 is 4.99. The molecular formula is C12H17NO4. The Balaban J connectivity index is 2.14. The van der Waals surface area contributed by atoms with Crippen LogP contribution in [0.15, 0.2) is 12.7 Å². The third kappa shape index (κ3) is 1.69. The van der Waals surface area contributed by atoms with E-state index in [0.29, 0.717) is 12.8 Å². The number of rotatable bonds is 3. The van der Waals surface area contributed by atoms with Crippen LogP contribution in [0.3, 0.4) is 0 Å². The summed E-state index contributed by atoms with van der Waals surface area (Å²) in [6.07, 6.45) is 2.96. The number of nitrogens with zero attached hydrogens (tertiary/aromatic N) is 1. The summed E-state index contributed by atoms with van der Waals surface area (Å²) in [5, 5.41) is 9.29. The van der Waals surface area contributed by atoms with Gasteiger partial charge in [0.1, 0.15) is 6.61 Å². The number of hydrogen-bond acceptors (Lipinski definition) is 3. The SMILES string of the molecule is C=CCOC(=O)N1CC2(C(=O)O)CCC1(C)C2. The summed E-state index contributed by atoms with van der Waals surface area (Å²) >= 11 is 0. The molecule has 0 radical (unpaired) electrons. The van der Waals surface area contributed by atoms with Crippen molar-refractivity contribution in [1.82, 2.24) is 4.90 Å². The van der Waals surface area contributed by atoms with Crippen LogP contribution in [-0.2, 0) is 9.53 Å². The van der Waals surface area contributed by atoms with Crippen molar-refractivity contribution < 1.29 is 19.4 Å². The van der Waals surface area contributed by atoms with Gasteiger partial charge in [-0.3, -0.25) is 4.79 Å². The number of likely N-dealkylation sites (tertiary alicyclic amines) is 1. The van der Waals surface area contributed by atoms with Crippen LogP contribution in [0.5, 0.6) is 0 Å². The average molecular weight is 239 g/mol. The minimum absolute atomic E-state index is 0.158. The molecule has 5 nitrogen and oxygen atoms in total. The number of hydrogen-bond donors (Lipinski definition) is 1. The van der Waals surface area contributed by atoms with Crippen molar-refractivity contribution >= 4 is 12.1 Å². The van der Waals surface area contributed by atoms with E-state index in [9.17, 15) is 14.7 Å². The Bertz CT molecular complexity index is 381. The van der Waals surface area contributed by atoms with Gasteiger partial charge in [-0.05, 0) is 26.2 Å². The van der Waals surface area contributed by atoms with E-state index < -0.39 is 17.5 Å².